The van der Waals surface area contributed by atoms with Crippen LogP contribution in [0.25, 0.3) is 0 Å². The Hall–Kier alpha value is -1.71. The van der Waals surface area contributed by atoms with Crippen LogP contribution in [-0.4, -0.2) is 12.5 Å². The van der Waals surface area contributed by atoms with Gasteiger partial charge in [-0.3, -0.25) is 4.79 Å². The lowest BCUT2D eigenvalue weighted by Crippen LogP contribution is -2.19. The number of benzene rings is 1. The number of nitrogen functional groups attached to an aromatic ring is 1. The summed E-state index contributed by atoms with van der Waals surface area (Å²) in [6.07, 6.45) is 2.47. The van der Waals surface area contributed by atoms with E-state index < -0.39 is 0 Å². The minimum Gasteiger partial charge on any atom is -0.397 e. The second kappa shape index (κ2) is 5.29. The molecule has 1 heterocycles. The molecule has 4 N–H and O–H groups in total. The van der Waals surface area contributed by atoms with Crippen molar-refractivity contribution < 1.29 is 4.79 Å². The average molecular weight is 247 g/mol. The molecule has 0 aliphatic carbocycles. The zero-order valence-electron chi connectivity index (χ0n) is 11.0. The Kier molecular flexibility index (Phi) is 3.75. The number of hydrogen-bond donors (Lipinski definition) is 3. The summed E-state index contributed by atoms with van der Waals surface area (Å²) in [5.74, 6) is 0.748. The fraction of sp³-hybridized carbons (Fsp3) is 0.500. The Bertz CT molecular complexity index is 455. The molecule has 0 atom stereocenters. The van der Waals surface area contributed by atoms with E-state index in [1.54, 1.807) is 0 Å². The third-order valence-electron chi connectivity index (χ3n) is 3.21. The summed E-state index contributed by atoms with van der Waals surface area (Å²) in [6, 6.07) is 3.91. The van der Waals surface area contributed by atoms with Gasteiger partial charge in [0.15, 0.2) is 0 Å². The monoisotopic (exact) mass is 247 g/mol. The van der Waals surface area contributed by atoms with Crippen LogP contribution in [0.4, 0.5) is 17.1 Å². The molecule has 1 aliphatic heterocycles. The first kappa shape index (κ1) is 12.7. The van der Waals surface area contributed by atoms with E-state index in [0.29, 0.717) is 18.0 Å². The lowest BCUT2D eigenvalue weighted by molar-refractivity contribution is -0.116. The fourth-order valence-corrected chi connectivity index (χ4v) is 2.09. The number of rotatable bonds is 4. The molecule has 0 spiro atoms. The molecule has 0 unspecified atom stereocenters. The molecule has 1 aromatic rings. The molecule has 0 saturated heterocycles. The number of carbonyl (C=O) groups is 1. The van der Waals surface area contributed by atoms with Gasteiger partial charge in [-0.1, -0.05) is 13.8 Å². The van der Waals surface area contributed by atoms with Crippen molar-refractivity contribution in [3.05, 3.63) is 17.7 Å². The summed E-state index contributed by atoms with van der Waals surface area (Å²) in [7, 11) is 0. The van der Waals surface area contributed by atoms with Crippen molar-refractivity contribution in [3.8, 4) is 0 Å². The standard InChI is InChI=1S/C14H21N3O/c1-9(2)5-6-16-13-7-10-3-4-14(18)17-12(10)8-11(13)15/h7-9,16H,3-6,15H2,1-2H3,(H,17,18). The lowest BCUT2D eigenvalue weighted by atomic mass is 10.0. The predicted molar refractivity (Wildman–Crippen MR) is 75.7 cm³/mol. The van der Waals surface area contributed by atoms with E-state index in [2.05, 4.69) is 30.5 Å². The van der Waals surface area contributed by atoms with Crippen LogP contribution in [0.15, 0.2) is 12.1 Å². The summed E-state index contributed by atoms with van der Waals surface area (Å²) in [6.45, 7) is 5.33. The summed E-state index contributed by atoms with van der Waals surface area (Å²) in [4.78, 5) is 11.3. The number of anilines is 3. The van der Waals surface area contributed by atoms with Gasteiger partial charge < -0.3 is 16.4 Å². The topological polar surface area (TPSA) is 67.2 Å². The van der Waals surface area contributed by atoms with E-state index in [-0.39, 0.29) is 5.91 Å². The Labute approximate surface area is 108 Å². The Morgan fingerprint density at radius 2 is 2.17 bits per heavy atom. The van der Waals surface area contributed by atoms with Gasteiger partial charge >= 0.3 is 0 Å². The number of amides is 1. The number of fused-ring (bicyclic) bond motifs is 1. The SMILES string of the molecule is CC(C)CCNc1cc2c(cc1N)NC(=O)CC2. The van der Waals surface area contributed by atoms with E-state index in [0.717, 1.165) is 36.3 Å². The van der Waals surface area contributed by atoms with Gasteiger partial charge in [0.05, 0.1) is 11.4 Å². The van der Waals surface area contributed by atoms with E-state index in [4.69, 9.17) is 5.73 Å². The highest BCUT2D eigenvalue weighted by Gasteiger charge is 2.16. The second-order valence-corrected chi connectivity index (χ2v) is 5.25. The van der Waals surface area contributed by atoms with Gasteiger partial charge in [-0.05, 0) is 36.5 Å². The molecule has 18 heavy (non-hydrogen) atoms. The number of aryl methyl sites for hydroxylation is 1. The van der Waals surface area contributed by atoms with Crippen molar-refractivity contribution in [2.24, 2.45) is 5.92 Å². The summed E-state index contributed by atoms with van der Waals surface area (Å²) >= 11 is 0. The molecule has 1 amide bonds. The van der Waals surface area contributed by atoms with Crippen molar-refractivity contribution in [2.75, 3.05) is 22.9 Å². The molecule has 2 rings (SSSR count). The highest BCUT2D eigenvalue weighted by molar-refractivity contribution is 5.95. The first-order valence-electron chi connectivity index (χ1n) is 6.52. The van der Waals surface area contributed by atoms with Crippen LogP contribution in [0, 0.1) is 5.92 Å². The van der Waals surface area contributed by atoms with Gasteiger partial charge in [0.25, 0.3) is 0 Å². The maximum absolute atomic E-state index is 11.3. The molecule has 4 nitrogen and oxygen atoms in total. The fourth-order valence-electron chi connectivity index (χ4n) is 2.09. The zero-order valence-corrected chi connectivity index (χ0v) is 11.0. The van der Waals surface area contributed by atoms with E-state index in [1.807, 2.05) is 6.07 Å². The smallest absolute Gasteiger partial charge is 0.224 e. The van der Waals surface area contributed by atoms with Crippen LogP contribution in [-0.2, 0) is 11.2 Å². The molecule has 0 bridgehead atoms. The van der Waals surface area contributed by atoms with Crippen LogP contribution in [0.1, 0.15) is 32.3 Å². The predicted octanol–water partition coefficient (Wildman–Crippen LogP) is 2.61. The van der Waals surface area contributed by atoms with Gasteiger partial charge in [0.1, 0.15) is 0 Å². The summed E-state index contributed by atoms with van der Waals surface area (Å²) in [5.41, 5.74) is 9.69. The lowest BCUT2D eigenvalue weighted by Gasteiger charge is -2.20. The van der Waals surface area contributed by atoms with Gasteiger partial charge in [-0.15, -0.1) is 0 Å². The second-order valence-electron chi connectivity index (χ2n) is 5.25. The quantitative estimate of drug-likeness (QED) is 0.716. The molecule has 1 aromatic carbocycles. The largest absolute Gasteiger partial charge is 0.397 e. The number of nitrogens with one attached hydrogen (secondary N) is 2. The van der Waals surface area contributed by atoms with Gasteiger partial charge in [0.2, 0.25) is 5.91 Å². The number of hydrogen-bond acceptors (Lipinski definition) is 3. The van der Waals surface area contributed by atoms with Crippen LogP contribution in [0.3, 0.4) is 0 Å². The summed E-state index contributed by atoms with van der Waals surface area (Å²) < 4.78 is 0. The molecular weight excluding hydrogens is 226 g/mol. The number of carbonyl (C=O) groups excluding carboxylic acids is 1. The van der Waals surface area contributed by atoms with E-state index >= 15 is 0 Å². The van der Waals surface area contributed by atoms with Crippen LogP contribution >= 0.6 is 0 Å². The van der Waals surface area contributed by atoms with Gasteiger partial charge in [-0.2, -0.15) is 0 Å². The first-order chi connectivity index (χ1) is 8.56. The summed E-state index contributed by atoms with van der Waals surface area (Å²) in [5, 5.41) is 6.22. The average Bonchev–Trinajstić information content (AvgIpc) is 2.29. The molecule has 4 heteroatoms. The third-order valence-corrected chi connectivity index (χ3v) is 3.21. The Morgan fingerprint density at radius 3 is 2.89 bits per heavy atom. The van der Waals surface area contributed by atoms with Crippen molar-refractivity contribution in [2.45, 2.75) is 33.1 Å². The highest BCUT2D eigenvalue weighted by atomic mass is 16.1. The van der Waals surface area contributed by atoms with Gasteiger partial charge in [-0.25, -0.2) is 0 Å². The molecule has 0 radical (unpaired) electrons. The minimum absolute atomic E-state index is 0.0717. The molecular formula is C14H21N3O. The normalized spacial score (nSPS) is 14.3. The molecule has 0 saturated carbocycles. The first-order valence-corrected chi connectivity index (χ1v) is 6.52. The third kappa shape index (κ3) is 2.94. The van der Waals surface area contributed by atoms with Crippen LogP contribution < -0.4 is 16.4 Å². The highest BCUT2D eigenvalue weighted by Crippen LogP contribution is 2.30. The molecule has 1 aliphatic rings. The van der Waals surface area contributed by atoms with Crippen LogP contribution in [0.5, 0.6) is 0 Å². The Morgan fingerprint density at radius 1 is 1.39 bits per heavy atom. The van der Waals surface area contributed by atoms with Crippen LogP contribution in [0.2, 0.25) is 0 Å². The minimum atomic E-state index is 0.0717. The van der Waals surface area contributed by atoms with E-state index in [1.165, 1.54) is 0 Å². The number of nitrogens with two attached hydrogens (primary N) is 1. The maximum Gasteiger partial charge on any atom is 0.224 e. The van der Waals surface area contributed by atoms with Crippen molar-refractivity contribution in [3.63, 3.8) is 0 Å². The van der Waals surface area contributed by atoms with Gasteiger partial charge in [0, 0.05) is 18.7 Å². The Balaban J connectivity index is 2.10. The zero-order chi connectivity index (χ0) is 13.1. The van der Waals surface area contributed by atoms with Crippen molar-refractivity contribution in [1.82, 2.24) is 0 Å². The molecule has 0 aromatic heterocycles. The van der Waals surface area contributed by atoms with Crippen molar-refractivity contribution >= 4 is 23.0 Å². The maximum atomic E-state index is 11.3. The van der Waals surface area contributed by atoms with Crippen molar-refractivity contribution in [1.29, 1.82) is 0 Å². The van der Waals surface area contributed by atoms with E-state index in [9.17, 15) is 4.79 Å². The molecule has 0 fully saturated rings. The molecule has 98 valence electrons.